The van der Waals surface area contributed by atoms with Crippen LogP contribution in [0.4, 0.5) is 0 Å². The average molecular weight is 350 g/mol. The maximum atomic E-state index is 9.47. The molecule has 2 heteroatoms. The molecule has 2 fully saturated rings. The van der Waals surface area contributed by atoms with Gasteiger partial charge in [-0.05, 0) is 73.1 Å². The summed E-state index contributed by atoms with van der Waals surface area (Å²) in [5.74, 6) is 3.56. The van der Waals surface area contributed by atoms with Gasteiger partial charge in [-0.1, -0.05) is 48.9 Å². The number of hydrogen-bond donors (Lipinski definition) is 1. The number of nitrogens with zero attached hydrogens (tertiary/aromatic N) is 1. The number of hydrogen-bond acceptors (Lipinski definition) is 2. The predicted octanol–water partition coefficient (Wildman–Crippen LogP) is 5.00. The molecule has 2 nitrogen and oxygen atoms in total. The zero-order valence-corrected chi connectivity index (χ0v) is 16.1. The number of fused-ring (bicyclic) bond motifs is 1. The molecule has 2 aromatic carbocycles. The van der Waals surface area contributed by atoms with E-state index in [1.807, 2.05) is 0 Å². The van der Waals surface area contributed by atoms with Gasteiger partial charge in [-0.15, -0.1) is 0 Å². The number of aryl methyl sites for hydroxylation is 1. The van der Waals surface area contributed by atoms with Gasteiger partial charge in [-0.2, -0.15) is 0 Å². The monoisotopic (exact) mass is 349 g/mol. The van der Waals surface area contributed by atoms with E-state index in [9.17, 15) is 5.11 Å². The SMILES string of the molecule is Cc1ccc(C[C@H]2C[C@@H]3CN(CC(C)c4ccc(O)cc4)C[C@@H]3C2)cc1. The summed E-state index contributed by atoms with van der Waals surface area (Å²) in [7, 11) is 0. The molecular weight excluding hydrogens is 318 g/mol. The zero-order valence-electron chi connectivity index (χ0n) is 16.1. The highest BCUT2D eigenvalue weighted by Crippen LogP contribution is 2.43. The minimum Gasteiger partial charge on any atom is -0.508 e. The Hall–Kier alpha value is -1.80. The van der Waals surface area contributed by atoms with E-state index in [0.29, 0.717) is 11.7 Å². The van der Waals surface area contributed by atoms with Gasteiger partial charge >= 0.3 is 0 Å². The van der Waals surface area contributed by atoms with Crippen LogP contribution in [0.15, 0.2) is 48.5 Å². The minimum atomic E-state index is 0.358. The smallest absolute Gasteiger partial charge is 0.115 e. The van der Waals surface area contributed by atoms with E-state index < -0.39 is 0 Å². The Morgan fingerprint density at radius 2 is 1.58 bits per heavy atom. The molecule has 1 aliphatic heterocycles. The van der Waals surface area contributed by atoms with Gasteiger partial charge in [-0.25, -0.2) is 0 Å². The molecule has 1 saturated heterocycles. The molecule has 2 aromatic rings. The molecule has 4 atom stereocenters. The van der Waals surface area contributed by atoms with Crippen LogP contribution in [0.5, 0.6) is 5.75 Å². The second kappa shape index (κ2) is 7.44. The molecule has 1 unspecified atom stereocenters. The Kier molecular flexibility index (Phi) is 5.04. The van der Waals surface area contributed by atoms with Crippen molar-refractivity contribution in [2.75, 3.05) is 19.6 Å². The summed E-state index contributed by atoms with van der Waals surface area (Å²) in [5, 5.41) is 9.47. The van der Waals surface area contributed by atoms with E-state index in [1.165, 1.54) is 49.0 Å². The summed E-state index contributed by atoms with van der Waals surface area (Å²) in [6, 6.07) is 16.9. The zero-order chi connectivity index (χ0) is 18.1. The molecule has 2 aliphatic rings. The molecule has 0 spiro atoms. The summed E-state index contributed by atoms with van der Waals surface area (Å²) in [4.78, 5) is 2.68. The molecule has 0 amide bonds. The number of likely N-dealkylation sites (tertiary alicyclic amines) is 1. The fourth-order valence-corrected chi connectivity index (χ4v) is 5.19. The third-order valence-electron chi connectivity index (χ3n) is 6.56. The van der Waals surface area contributed by atoms with Crippen LogP contribution in [0.25, 0.3) is 0 Å². The molecule has 1 aliphatic carbocycles. The lowest BCUT2D eigenvalue weighted by molar-refractivity contribution is 0.284. The van der Waals surface area contributed by atoms with Gasteiger partial charge in [0.15, 0.2) is 0 Å². The second-order valence-corrected chi connectivity index (χ2v) is 8.76. The molecule has 138 valence electrons. The maximum absolute atomic E-state index is 9.47. The standard InChI is InChI=1S/C24H31NO/c1-17-3-5-19(6-4-17)11-20-12-22-15-25(16-23(22)13-20)14-18(2)21-7-9-24(26)10-8-21/h3-10,18,20,22-23,26H,11-16H2,1-2H3/t18?,20-,22+,23-. The quantitative estimate of drug-likeness (QED) is 0.820. The van der Waals surface area contributed by atoms with Gasteiger partial charge in [-0.3, -0.25) is 0 Å². The first-order valence-corrected chi connectivity index (χ1v) is 10.1. The van der Waals surface area contributed by atoms with Gasteiger partial charge in [0, 0.05) is 19.6 Å². The van der Waals surface area contributed by atoms with E-state index in [-0.39, 0.29) is 0 Å². The molecule has 0 radical (unpaired) electrons. The van der Waals surface area contributed by atoms with Gasteiger partial charge < -0.3 is 10.0 Å². The number of rotatable bonds is 5. The third-order valence-corrected chi connectivity index (χ3v) is 6.56. The lowest BCUT2D eigenvalue weighted by Gasteiger charge is -2.23. The van der Waals surface area contributed by atoms with Gasteiger partial charge in [0.05, 0.1) is 0 Å². The van der Waals surface area contributed by atoms with E-state index in [1.54, 1.807) is 12.1 Å². The Balaban J connectivity index is 1.28. The second-order valence-electron chi connectivity index (χ2n) is 8.76. The van der Waals surface area contributed by atoms with Crippen LogP contribution in [0, 0.1) is 24.7 Å². The highest BCUT2D eigenvalue weighted by Gasteiger charge is 2.40. The van der Waals surface area contributed by atoms with Crippen molar-refractivity contribution in [3.8, 4) is 5.75 Å². The van der Waals surface area contributed by atoms with Gasteiger partial charge in [0.1, 0.15) is 5.75 Å². The predicted molar refractivity (Wildman–Crippen MR) is 108 cm³/mol. The van der Waals surface area contributed by atoms with Gasteiger partial charge in [0.25, 0.3) is 0 Å². The van der Waals surface area contributed by atoms with Crippen LogP contribution in [0.1, 0.15) is 42.4 Å². The van der Waals surface area contributed by atoms with Crippen molar-refractivity contribution >= 4 is 0 Å². The normalized spacial score (nSPS) is 26.8. The van der Waals surface area contributed by atoms with Crippen molar-refractivity contribution < 1.29 is 5.11 Å². The first kappa shape index (κ1) is 17.6. The lowest BCUT2D eigenvalue weighted by Crippen LogP contribution is -2.27. The molecule has 0 aromatic heterocycles. The van der Waals surface area contributed by atoms with Crippen molar-refractivity contribution in [3.05, 3.63) is 65.2 Å². The molecule has 1 saturated carbocycles. The summed E-state index contributed by atoms with van der Waals surface area (Å²) < 4.78 is 0. The fourth-order valence-electron chi connectivity index (χ4n) is 5.19. The third kappa shape index (κ3) is 3.96. The van der Waals surface area contributed by atoms with Crippen LogP contribution in [-0.4, -0.2) is 29.6 Å². The van der Waals surface area contributed by atoms with Crippen molar-refractivity contribution in [2.45, 2.75) is 39.0 Å². The highest BCUT2D eigenvalue weighted by molar-refractivity contribution is 5.28. The average Bonchev–Trinajstić information content (AvgIpc) is 3.15. The fraction of sp³-hybridized carbons (Fsp3) is 0.500. The molecule has 4 rings (SSSR count). The number of phenolic OH excluding ortho intramolecular Hbond substituents is 1. The van der Waals surface area contributed by atoms with E-state index in [0.717, 1.165) is 24.3 Å². The summed E-state index contributed by atoms with van der Waals surface area (Å²) in [5.41, 5.74) is 4.20. The van der Waals surface area contributed by atoms with Crippen LogP contribution >= 0.6 is 0 Å². The number of phenols is 1. The summed E-state index contributed by atoms with van der Waals surface area (Å²) in [6.07, 6.45) is 4.07. The molecular formula is C24H31NO. The number of benzene rings is 2. The molecule has 0 bridgehead atoms. The van der Waals surface area contributed by atoms with Gasteiger partial charge in [0.2, 0.25) is 0 Å². The van der Waals surface area contributed by atoms with Crippen LogP contribution < -0.4 is 0 Å². The van der Waals surface area contributed by atoms with E-state index in [4.69, 9.17) is 0 Å². The lowest BCUT2D eigenvalue weighted by atomic mass is 9.95. The van der Waals surface area contributed by atoms with Crippen LogP contribution in [-0.2, 0) is 6.42 Å². The Morgan fingerprint density at radius 1 is 0.962 bits per heavy atom. The Bertz CT molecular complexity index is 707. The first-order valence-electron chi connectivity index (χ1n) is 10.1. The molecule has 26 heavy (non-hydrogen) atoms. The van der Waals surface area contributed by atoms with Crippen molar-refractivity contribution in [1.82, 2.24) is 4.90 Å². The van der Waals surface area contributed by atoms with Crippen molar-refractivity contribution in [2.24, 2.45) is 17.8 Å². The largest absolute Gasteiger partial charge is 0.508 e. The first-order chi connectivity index (χ1) is 12.6. The highest BCUT2D eigenvalue weighted by atomic mass is 16.3. The summed E-state index contributed by atoms with van der Waals surface area (Å²) in [6.45, 7) is 8.16. The minimum absolute atomic E-state index is 0.358. The topological polar surface area (TPSA) is 23.5 Å². The summed E-state index contributed by atoms with van der Waals surface area (Å²) >= 11 is 0. The van der Waals surface area contributed by atoms with Crippen molar-refractivity contribution in [3.63, 3.8) is 0 Å². The maximum Gasteiger partial charge on any atom is 0.115 e. The van der Waals surface area contributed by atoms with E-state index in [2.05, 4.69) is 55.1 Å². The van der Waals surface area contributed by atoms with Crippen molar-refractivity contribution in [1.29, 1.82) is 0 Å². The molecule has 1 heterocycles. The van der Waals surface area contributed by atoms with Crippen LogP contribution in [0.2, 0.25) is 0 Å². The Labute approximate surface area is 157 Å². The van der Waals surface area contributed by atoms with E-state index >= 15 is 0 Å². The van der Waals surface area contributed by atoms with Crippen LogP contribution in [0.3, 0.4) is 0 Å². The Morgan fingerprint density at radius 3 is 2.19 bits per heavy atom. The molecule has 1 N–H and O–H groups in total. The number of aromatic hydroxyl groups is 1.